The summed E-state index contributed by atoms with van der Waals surface area (Å²) in [6.45, 7) is 2.15. The maximum absolute atomic E-state index is 14.5. The Bertz CT molecular complexity index is 1160. The summed E-state index contributed by atoms with van der Waals surface area (Å²) in [7, 11) is 0. The van der Waals surface area contributed by atoms with Crippen LogP contribution in [0.25, 0.3) is 11.1 Å². The van der Waals surface area contributed by atoms with Gasteiger partial charge in [-0.3, -0.25) is 5.73 Å². The number of esters is 1. The molecule has 3 aliphatic rings. The number of ether oxygens (including phenoxy) is 4. The lowest BCUT2D eigenvalue weighted by atomic mass is 9.67. The lowest BCUT2D eigenvalue weighted by Crippen LogP contribution is -2.64. The second-order valence-corrected chi connectivity index (χ2v) is 9.15. The number of nitrogens with two attached hydrogens (primary N) is 1. The van der Waals surface area contributed by atoms with Crippen molar-refractivity contribution in [3.05, 3.63) is 48.0 Å². The Labute approximate surface area is 204 Å². The molecule has 2 aliphatic heterocycles. The molecule has 3 heterocycles. The topological polar surface area (TPSA) is 105 Å². The Morgan fingerprint density at radius 3 is 2.83 bits per heavy atom. The molecule has 1 saturated heterocycles. The first-order chi connectivity index (χ1) is 17.0. The van der Waals surface area contributed by atoms with Crippen molar-refractivity contribution in [1.29, 1.82) is 0 Å². The fraction of sp³-hybridized carbons (Fsp3) is 0.500. The summed E-state index contributed by atoms with van der Waals surface area (Å²) in [6.07, 6.45) is -2.54. The number of rotatable bonds is 4. The van der Waals surface area contributed by atoms with Crippen LogP contribution in [-0.2, 0) is 24.5 Å². The van der Waals surface area contributed by atoms with E-state index in [1.54, 1.807) is 30.3 Å². The van der Waals surface area contributed by atoms with Crippen LogP contribution in [0.5, 0.6) is 5.75 Å². The fourth-order valence-corrected chi connectivity index (χ4v) is 5.46. The van der Waals surface area contributed by atoms with Gasteiger partial charge in [0, 0.05) is 29.8 Å². The Morgan fingerprint density at radius 2 is 2.11 bits per heavy atom. The smallest absolute Gasteiger partial charge is 0.490 e. The van der Waals surface area contributed by atoms with E-state index in [2.05, 4.69) is 15.0 Å². The van der Waals surface area contributed by atoms with Crippen LogP contribution >= 0.6 is 0 Å². The van der Waals surface area contributed by atoms with Gasteiger partial charge in [-0.05, 0) is 56.0 Å². The summed E-state index contributed by atoms with van der Waals surface area (Å²) in [5, 5.41) is 2.86. The highest BCUT2D eigenvalue weighted by atomic mass is 19.4. The molecule has 0 bridgehead atoms. The first-order valence-electron chi connectivity index (χ1n) is 11.6. The van der Waals surface area contributed by atoms with E-state index in [1.807, 2.05) is 6.92 Å². The van der Waals surface area contributed by atoms with E-state index in [-0.39, 0.29) is 30.3 Å². The number of hydrogen-bond donors (Lipinski definition) is 2. The van der Waals surface area contributed by atoms with Crippen molar-refractivity contribution in [2.45, 2.75) is 56.1 Å². The highest BCUT2D eigenvalue weighted by Crippen LogP contribution is 2.52. The van der Waals surface area contributed by atoms with Crippen LogP contribution in [-0.4, -0.2) is 48.6 Å². The summed E-state index contributed by atoms with van der Waals surface area (Å²) in [5.74, 6) is -3.08. The number of carbonyl (C=O) groups excluding carboxylic acids is 1. The Hall–Kier alpha value is -2.80. The van der Waals surface area contributed by atoms with Gasteiger partial charge in [0.25, 0.3) is 0 Å². The molecule has 36 heavy (non-hydrogen) atoms. The number of nitrogens with zero attached hydrogens (tertiary/aromatic N) is 1. The molecule has 1 spiro atoms. The van der Waals surface area contributed by atoms with Crippen LogP contribution in [0.2, 0.25) is 0 Å². The van der Waals surface area contributed by atoms with E-state index >= 15 is 0 Å². The number of fused-ring (bicyclic) bond motifs is 4. The van der Waals surface area contributed by atoms with Crippen LogP contribution in [0, 0.1) is 11.9 Å². The minimum atomic E-state index is -5.26. The van der Waals surface area contributed by atoms with Crippen LogP contribution < -0.4 is 15.8 Å². The lowest BCUT2D eigenvalue weighted by molar-refractivity contribution is -0.254. The SMILES string of the molecule is CCO[C@H]1CC[C@@H]2Oc3ccc(-c4cccnc4F)cc3C3(COC(N)(OC(=O)C(F)(F)F)N3)[C@H]2C1. The van der Waals surface area contributed by atoms with Crippen molar-refractivity contribution in [2.24, 2.45) is 11.7 Å². The number of pyridine rings is 1. The number of alkyl halides is 3. The van der Waals surface area contributed by atoms with Crippen molar-refractivity contribution in [3.8, 4) is 16.9 Å². The van der Waals surface area contributed by atoms with Gasteiger partial charge in [-0.2, -0.15) is 17.6 Å². The first-order valence-corrected chi connectivity index (χ1v) is 11.6. The Kier molecular flexibility index (Phi) is 6.18. The standard InChI is InChI=1S/C24H25F4N3O5/c1-2-33-14-6-8-19-17(11-14)22(12-34-24(29,31-22)36-21(32)23(26,27)28)16-10-13(5-7-18(16)35-19)15-4-3-9-30-20(15)25/h3-5,7,9-10,14,17,19,31H,2,6,8,11-12,29H2,1H3/t14-,17-,19-,22?,24?/m0/s1. The molecular formula is C24H25F4N3O5. The zero-order chi connectivity index (χ0) is 25.7. The van der Waals surface area contributed by atoms with Crippen molar-refractivity contribution >= 4 is 5.97 Å². The third-order valence-electron chi connectivity index (χ3n) is 6.97. The van der Waals surface area contributed by atoms with Crippen molar-refractivity contribution in [2.75, 3.05) is 13.2 Å². The average Bonchev–Trinajstić information content (AvgIpc) is 3.17. The van der Waals surface area contributed by atoms with Crippen LogP contribution in [0.3, 0.4) is 0 Å². The number of benzene rings is 1. The number of halogens is 4. The normalized spacial score (nSPS) is 31.4. The molecule has 2 unspecified atom stereocenters. The summed E-state index contributed by atoms with van der Waals surface area (Å²) in [4.78, 5) is 15.3. The third kappa shape index (κ3) is 4.32. The average molecular weight is 511 g/mol. The van der Waals surface area contributed by atoms with E-state index in [9.17, 15) is 22.4 Å². The Morgan fingerprint density at radius 1 is 1.31 bits per heavy atom. The predicted molar refractivity (Wildman–Crippen MR) is 117 cm³/mol. The molecule has 2 fully saturated rings. The molecule has 8 nitrogen and oxygen atoms in total. The number of hydrogen-bond acceptors (Lipinski definition) is 8. The van der Waals surface area contributed by atoms with Gasteiger partial charge in [-0.1, -0.05) is 6.07 Å². The van der Waals surface area contributed by atoms with Crippen LogP contribution in [0.4, 0.5) is 17.6 Å². The van der Waals surface area contributed by atoms with Gasteiger partial charge in [-0.25, -0.2) is 15.1 Å². The van der Waals surface area contributed by atoms with Crippen molar-refractivity contribution in [3.63, 3.8) is 0 Å². The predicted octanol–water partition coefficient (Wildman–Crippen LogP) is 3.34. The first kappa shape index (κ1) is 24.9. The molecule has 0 amide bonds. The molecule has 1 aromatic heterocycles. The van der Waals surface area contributed by atoms with Gasteiger partial charge in [0.15, 0.2) is 0 Å². The van der Waals surface area contributed by atoms with E-state index in [0.717, 1.165) is 6.42 Å². The fourth-order valence-electron chi connectivity index (χ4n) is 5.46. The molecule has 3 N–H and O–H groups in total. The summed E-state index contributed by atoms with van der Waals surface area (Å²) in [6, 6.07) is 5.62. The van der Waals surface area contributed by atoms with E-state index < -0.39 is 29.7 Å². The zero-order valence-electron chi connectivity index (χ0n) is 19.3. The highest BCUT2D eigenvalue weighted by molar-refractivity contribution is 5.76. The van der Waals surface area contributed by atoms with Gasteiger partial charge < -0.3 is 18.9 Å². The molecule has 5 rings (SSSR count). The maximum Gasteiger partial charge on any atom is 0.491 e. The molecule has 1 saturated carbocycles. The largest absolute Gasteiger partial charge is 0.491 e. The maximum atomic E-state index is 14.5. The number of carbonyl (C=O) groups is 1. The molecule has 5 atom stereocenters. The van der Waals surface area contributed by atoms with Gasteiger partial charge in [0.1, 0.15) is 11.9 Å². The van der Waals surface area contributed by atoms with Crippen LogP contribution in [0.15, 0.2) is 36.5 Å². The van der Waals surface area contributed by atoms with Gasteiger partial charge in [-0.15, -0.1) is 0 Å². The van der Waals surface area contributed by atoms with Gasteiger partial charge >= 0.3 is 18.2 Å². The molecule has 1 aromatic carbocycles. The van der Waals surface area contributed by atoms with E-state index in [4.69, 9.17) is 19.9 Å². The molecule has 1 aliphatic carbocycles. The lowest BCUT2D eigenvalue weighted by Gasteiger charge is -2.50. The number of aromatic nitrogens is 1. The van der Waals surface area contributed by atoms with Gasteiger partial charge in [0.05, 0.1) is 18.2 Å². The van der Waals surface area contributed by atoms with E-state index in [1.165, 1.54) is 6.20 Å². The van der Waals surface area contributed by atoms with Crippen molar-refractivity contribution < 1.29 is 41.3 Å². The minimum Gasteiger partial charge on any atom is -0.490 e. The Balaban J connectivity index is 1.58. The summed E-state index contributed by atoms with van der Waals surface area (Å²) < 4.78 is 75.5. The molecule has 0 radical (unpaired) electrons. The monoisotopic (exact) mass is 511 g/mol. The minimum absolute atomic E-state index is 0.121. The molecule has 12 heteroatoms. The third-order valence-corrected chi connectivity index (χ3v) is 6.97. The molecular weight excluding hydrogens is 486 g/mol. The molecule has 2 aromatic rings. The molecule has 194 valence electrons. The second kappa shape index (κ2) is 8.94. The zero-order valence-corrected chi connectivity index (χ0v) is 19.3. The summed E-state index contributed by atoms with van der Waals surface area (Å²) >= 11 is 0. The van der Waals surface area contributed by atoms with E-state index in [0.29, 0.717) is 36.3 Å². The summed E-state index contributed by atoms with van der Waals surface area (Å²) in [5.41, 5.74) is 5.99. The number of nitrogens with one attached hydrogen (secondary N) is 1. The quantitative estimate of drug-likeness (QED) is 0.279. The highest BCUT2D eigenvalue weighted by Gasteiger charge is 2.61. The van der Waals surface area contributed by atoms with Gasteiger partial charge in [0.2, 0.25) is 5.95 Å². The second-order valence-electron chi connectivity index (χ2n) is 9.15. The van der Waals surface area contributed by atoms with Crippen molar-refractivity contribution in [1.82, 2.24) is 10.3 Å². The van der Waals surface area contributed by atoms with Crippen LogP contribution in [0.1, 0.15) is 31.7 Å².